The Morgan fingerprint density at radius 2 is 1.80 bits per heavy atom. The summed E-state index contributed by atoms with van der Waals surface area (Å²) in [5.41, 5.74) is 2.13. The summed E-state index contributed by atoms with van der Waals surface area (Å²) < 4.78 is 0. The van der Waals surface area contributed by atoms with Crippen LogP contribution in [-0.4, -0.2) is 13.1 Å². The highest BCUT2D eigenvalue weighted by Crippen LogP contribution is 2.64. The average molecular weight is 222 g/mol. The van der Waals surface area contributed by atoms with E-state index in [0.717, 1.165) is 10.9 Å². The molecule has 1 aromatic carbocycles. The summed E-state index contributed by atoms with van der Waals surface area (Å²) in [5.74, 6) is 0.803. The van der Waals surface area contributed by atoms with Crippen LogP contribution < -0.4 is 5.32 Å². The maximum absolute atomic E-state index is 5.90. The number of nitrogens with one attached hydrogen (secondary N) is 1. The number of hydrogen-bond acceptors (Lipinski definition) is 1. The summed E-state index contributed by atoms with van der Waals surface area (Å²) >= 11 is 5.90. The van der Waals surface area contributed by atoms with Crippen molar-refractivity contribution < 1.29 is 0 Å². The number of piperidine rings is 1. The van der Waals surface area contributed by atoms with Crippen molar-refractivity contribution in [3.05, 3.63) is 34.9 Å². The van der Waals surface area contributed by atoms with E-state index in [1.165, 1.54) is 37.9 Å². The second-order valence-corrected chi connectivity index (χ2v) is 5.36. The van der Waals surface area contributed by atoms with Crippen LogP contribution in [0.2, 0.25) is 5.02 Å². The molecular formula is C13H16ClN. The number of benzene rings is 1. The Hall–Kier alpha value is -0.530. The summed E-state index contributed by atoms with van der Waals surface area (Å²) in [6, 6.07) is 8.43. The predicted octanol–water partition coefficient (Wildman–Crippen LogP) is 3.20. The highest BCUT2D eigenvalue weighted by Gasteiger charge is 2.54. The zero-order valence-corrected chi connectivity index (χ0v) is 9.56. The van der Waals surface area contributed by atoms with E-state index in [1.807, 2.05) is 12.1 Å². The number of rotatable bonds is 1. The van der Waals surface area contributed by atoms with E-state index in [1.54, 1.807) is 0 Å². The van der Waals surface area contributed by atoms with Gasteiger partial charge in [-0.1, -0.05) is 23.7 Å². The van der Waals surface area contributed by atoms with E-state index < -0.39 is 0 Å². The first-order valence-electron chi connectivity index (χ1n) is 5.76. The average Bonchev–Trinajstić information content (AvgIpc) is 2.94. The first kappa shape index (κ1) is 9.68. The van der Waals surface area contributed by atoms with Crippen molar-refractivity contribution >= 4 is 11.6 Å². The normalized spacial score (nSPS) is 27.9. The fourth-order valence-electron chi connectivity index (χ4n) is 2.99. The summed E-state index contributed by atoms with van der Waals surface area (Å²) in [6.45, 7) is 2.40. The molecule has 1 heterocycles. The monoisotopic (exact) mass is 221 g/mol. The quantitative estimate of drug-likeness (QED) is 0.768. The Kier molecular flexibility index (Phi) is 2.26. The third-order valence-corrected chi connectivity index (χ3v) is 4.31. The highest BCUT2D eigenvalue weighted by atomic mass is 35.5. The SMILES string of the molecule is Clc1ccc(C2CC23CCNCC3)cc1. The highest BCUT2D eigenvalue weighted by molar-refractivity contribution is 6.30. The summed E-state index contributed by atoms with van der Waals surface area (Å²) in [5, 5.41) is 4.29. The molecule has 1 saturated heterocycles. The maximum atomic E-state index is 5.90. The van der Waals surface area contributed by atoms with Gasteiger partial charge in [-0.25, -0.2) is 0 Å². The van der Waals surface area contributed by atoms with Crippen molar-refractivity contribution in [2.24, 2.45) is 5.41 Å². The molecule has 1 aliphatic carbocycles. The number of hydrogen-bond donors (Lipinski definition) is 1. The lowest BCUT2D eigenvalue weighted by Gasteiger charge is -2.23. The Morgan fingerprint density at radius 3 is 2.47 bits per heavy atom. The molecule has 2 fully saturated rings. The van der Waals surface area contributed by atoms with Gasteiger partial charge in [0.25, 0.3) is 0 Å². The van der Waals surface area contributed by atoms with Gasteiger partial charge in [-0.05, 0) is 61.4 Å². The van der Waals surface area contributed by atoms with Crippen LogP contribution in [0.5, 0.6) is 0 Å². The van der Waals surface area contributed by atoms with Crippen LogP contribution in [0.25, 0.3) is 0 Å². The zero-order chi connectivity index (χ0) is 10.3. The molecule has 1 aromatic rings. The van der Waals surface area contributed by atoms with E-state index in [9.17, 15) is 0 Å². The smallest absolute Gasteiger partial charge is 0.0406 e. The molecule has 15 heavy (non-hydrogen) atoms. The third-order valence-electron chi connectivity index (χ3n) is 4.06. The first-order valence-corrected chi connectivity index (χ1v) is 6.14. The maximum Gasteiger partial charge on any atom is 0.0406 e. The molecule has 1 N–H and O–H groups in total. The van der Waals surface area contributed by atoms with Gasteiger partial charge in [0.15, 0.2) is 0 Å². The first-order chi connectivity index (χ1) is 7.30. The molecule has 1 nitrogen and oxygen atoms in total. The lowest BCUT2D eigenvalue weighted by Crippen LogP contribution is -2.29. The third kappa shape index (κ3) is 1.68. The summed E-state index contributed by atoms with van der Waals surface area (Å²) in [4.78, 5) is 0. The van der Waals surface area contributed by atoms with Crippen LogP contribution in [0.4, 0.5) is 0 Å². The lowest BCUT2D eigenvalue weighted by molar-refractivity contribution is 0.342. The molecule has 0 bridgehead atoms. The topological polar surface area (TPSA) is 12.0 Å². The van der Waals surface area contributed by atoms with Gasteiger partial charge in [0.05, 0.1) is 0 Å². The molecule has 1 atom stereocenters. The Morgan fingerprint density at radius 1 is 1.13 bits per heavy atom. The fraction of sp³-hybridized carbons (Fsp3) is 0.538. The second kappa shape index (κ2) is 3.50. The minimum atomic E-state index is 0.638. The minimum Gasteiger partial charge on any atom is -0.317 e. The van der Waals surface area contributed by atoms with E-state index in [-0.39, 0.29) is 0 Å². The van der Waals surface area contributed by atoms with Gasteiger partial charge >= 0.3 is 0 Å². The predicted molar refractivity (Wildman–Crippen MR) is 63.3 cm³/mol. The largest absolute Gasteiger partial charge is 0.317 e. The van der Waals surface area contributed by atoms with Gasteiger partial charge in [0, 0.05) is 5.02 Å². The van der Waals surface area contributed by atoms with Gasteiger partial charge in [-0.2, -0.15) is 0 Å². The van der Waals surface area contributed by atoms with Crippen LogP contribution in [0, 0.1) is 5.41 Å². The van der Waals surface area contributed by atoms with Gasteiger partial charge in [-0.3, -0.25) is 0 Å². The molecule has 2 aliphatic rings. The molecule has 1 saturated carbocycles. The molecule has 0 radical (unpaired) electrons. The summed E-state index contributed by atoms with van der Waals surface area (Å²) in [6.07, 6.45) is 4.08. The van der Waals surface area contributed by atoms with Crippen LogP contribution in [0.15, 0.2) is 24.3 Å². The standard InChI is InChI=1S/C13H16ClN/c14-11-3-1-10(2-4-11)12-9-13(12)5-7-15-8-6-13/h1-4,12,15H,5-9H2. The van der Waals surface area contributed by atoms with Gasteiger partial charge in [0.1, 0.15) is 0 Å². The van der Waals surface area contributed by atoms with Gasteiger partial charge in [0.2, 0.25) is 0 Å². The summed E-state index contributed by atoms with van der Waals surface area (Å²) in [7, 11) is 0. The van der Waals surface area contributed by atoms with Gasteiger partial charge in [-0.15, -0.1) is 0 Å². The molecule has 2 heteroatoms. The lowest BCUT2D eigenvalue weighted by atomic mass is 9.90. The van der Waals surface area contributed by atoms with Crippen LogP contribution in [-0.2, 0) is 0 Å². The molecular weight excluding hydrogens is 206 g/mol. The van der Waals surface area contributed by atoms with E-state index >= 15 is 0 Å². The number of halogens is 1. The fourth-order valence-corrected chi connectivity index (χ4v) is 3.12. The van der Waals surface area contributed by atoms with E-state index in [0.29, 0.717) is 5.41 Å². The molecule has 3 rings (SSSR count). The van der Waals surface area contributed by atoms with Crippen molar-refractivity contribution in [3.63, 3.8) is 0 Å². The molecule has 1 spiro atoms. The zero-order valence-electron chi connectivity index (χ0n) is 8.80. The minimum absolute atomic E-state index is 0.638. The van der Waals surface area contributed by atoms with Gasteiger partial charge < -0.3 is 5.32 Å². The molecule has 0 amide bonds. The van der Waals surface area contributed by atoms with Crippen LogP contribution in [0.1, 0.15) is 30.7 Å². The van der Waals surface area contributed by atoms with Crippen molar-refractivity contribution in [1.82, 2.24) is 5.32 Å². The van der Waals surface area contributed by atoms with E-state index in [2.05, 4.69) is 17.4 Å². The molecule has 1 unspecified atom stereocenters. The van der Waals surface area contributed by atoms with Crippen molar-refractivity contribution in [3.8, 4) is 0 Å². The Bertz CT molecular complexity index is 351. The van der Waals surface area contributed by atoms with E-state index in [4.69, 9.17) is 11.6 Å². The Labute approximate surface area is 95.8 Å². The van der Waals surface area contributed by atoms with Crippen molar-refractivity contribution in [2.45, 2.75) is 25.2 Å². The van der Waals surface area contributed by atoms with Crippen molar-refractivity contribution in [1.29, 1.82) is 0 Å². The molecule has 1 aliphatic heterocycles. The Balaban J connectivity index is 1.77. The van der Waals surface area contributed by atoms with Crippen LogP contribution in [0.3, 0.4) is 0 Å². The second-order valence-electron chi connectivity index (χ2n) is 4.92. The van der Waals surface area contributed by atoms with Crippen molar-refractivity contribution in [2.75, 3.05) is 13.1 Å². The molecule has 80 valence electrons. The van der Waals surface area contributed by atoms with Crippen LogP contribution >= 0.6 is 11.6 Å². The molecule has 0 aromatic heterocycles.